The molecule has 2 rings (SSSR count). The Morgan fingerprint density at radius 3 is 2.07 bits per heavy atom. The summed E-state index contributed by atoms with van der Waals surface area (Å²) >= 11 is 11.9. The van der Waals surface area contributed by atoms with Crippen molar-refractivity contribution < 1.29 is 22.7 Å². The summed E-state index contributed by atoms with van der Waals surface area (Å²) in [7, 11) is -2.37. The van der Waals surface area contributed by atoms with Gasteiger partial charge in [0.2, 0.25) is 15.9 Å². The van der Waals surface area contributed by atoms with E-state index in [0.29, 0.717) is 15.0 Å². The zero-order valence-electron chi connectivity index (χ0n) is 16.2. The molecule has 0 radical (unpaired) electrons. The maximum Gasteiger partial charge on any atom is 0.281 e. The summed E-state index contributed by atoms with van der Waals surface area (Å²) in [4.78, 5) is 25.8. The highest BCUT2D eigenvalue weighted by molar-refractivity contribution is 7.92. The van der Waals surface area contributed by atoms with Crippen molar-refractivity contribution >= 4 is 56.4 Å². The van der Waals surface area contributed by atoms with Gasteiger partial charge in [0.25, 0.3) is 5.91 Å². The van der Waals surface area contributed by atoms with E-state index in [2.05, 4.69) is 0 Å². The number of hydrogen-bond donors (Lipinski definition) is 0. The second-order valence-electron chi connectivity index (χ2n) is 6.29. The molecule has 0 saturated heterocycles. The van der Waals surface area contributed by atoms with Gasteiger partial charge in [0.1, 0.15) is 5.75 Å². The predicted molar refractivity (Wildman–Crippen MR) is 114 cm³/mol. The second-order valence-corrected chi connectivity index (χ2v) is 8.97. The number of halogens is 2. The smallest absolute Gasteiger partial charge is 0.281 e. The van der Waals surface area contributed by atoms with Crippen LogP contribution < -0.4 is 13.9 Å². The van der Waals surface area contributed by atoms with E-state index < -0.39 is 22.0 Å². The summed E-state index contributed by atoms with van der Waals surface area (Å²) in [5, 5.41) is 0.592. The molecule has 10 heteroatoms. The van der Waals surface area contributed by atoms with Gasteiger partial charge < -0.3 is 9.64 Å². The Hall–Kier alpha value is -2.29. The molecule has 1 atom stereocenters. The van der Waals surface area contributed by atoms with Crippen LogP contribution in [0.3, 0.4) is 0 Å². The van der Waals surface area contributed by atoms with Crippen LogP contribution >= 0.6 is 23.2 Å². The maximum absolute atomic E-state index is 12.9. The van der Waals surface area contributed by atoms with Crippen LogP contribution in [0, 0.1) is 0 Å². The van der Waals surface area contributed by atoms with Crippen LogP contribution in [-0.4, -0.2) is 39.6 Å². The first kappa shape index (κ1) is 23.0. The quantitative estimate of drug-likeness (QED) is 0.657. The van der Waals surface area contributed by atoms with Gasteiger partial charge in [-0.1, -0.05) is 23.2 Å². The van der Waals surface area contributed by atoms with Crippen molar-refractivity contribution in [1.29, 1.82) is 0 Å². The molecule has 7 nitrogen and oxygen atoms in total. The van der Waals surface area contributed by atoms with Gasteiger partial charge in [0, 0.05) is 24.7 Å². The van der Waals surface area contributed by atoms with E-state index in [1.807, 2.05) is 0 Å². The Kier molecular flexibility index (Phi) is 7.15. The molecule has 0 saturated carbocycles. The molecule has 0 aliphatic heterocycles. The zero-order chi connectivity index (χ0) is 21.9. The lowest BCUT2D eigenvalue weighted by atomic mass is 10.2. The predicted octanol–water partition coefficient (Wildman–Crippen LogP) is 3.74. The number of ether oxygens (including phenoxy) is 1. The first-order valence-electron chi connectivity index (χ1n) is 8.42. The standard InChI is InChI=1S/C19H20Cl2N2O5S/c1-12(28-18-10-5-14(20)11-17(18)21)19(25)23(29(4,26)27)16-8-6-15(7-9-16)22(3)13(2)24/h5-12H,1-4H3. The topological polar surface area (TPSA) is 84.0 Å². The van der Waals surface area contributed by atoms with Crippen molar-refractivity contribution in [2.45, 2.75) is 20.0 Å². The number of sulfonamides is 1. The van der Waals surface area contributed by atoms with E-state index in [0.717, 1.165) is 6.26 Å². The summed E-state index contributed by atoms with van der Waals surface area (Å²) in [6.45, 7) is 2.82. The van der Waals surface area contributed by atoms with E-state index in [1.54, 1.807) is 25.2 Å². The average Bonchev–Trinajstić information content (AvgIpc) is 2.62. The van der Waals surface area contributed by atoms with Crippen LogP contribution in [-0.2, 0) is 19.6 Å². The Morgan fingerprint density at radius 2 is 1.59 bits per heavy atom. The number of benzene rings is 2. The minimum Gasteiger partial charge on any atom is -0.479 e. The van der Waals surface area contributed by atoms with E-state index in [-0.39, 0.29) is 22.4 Å². The minimum absolute atomic E-state index is 0.121. The summed E-state index contributed by atoms with van der Waals surface area (Å²) in [5.41, 5.74) is 0.676. The molecular weight excluding hydrogens is 439 g/mol. The zero-order valence-corrected chi connectivity index (χ0v) is 18.5. The Bertz CT molecular complexity index is 1030. The van der Waals surface area contributed by atoms with Crippen LogP contribution in [0.15, 0.2) is 42.5 Å². The molecule has 0 aromatic heterocycles. The van der Waals surface area contributed by atoms with Gasteiger partial charge in [-0.05, 0) is 49.4 Å². The van der Waals surface area contributed by atoms with Gasteiger partial charge in [-0.2, -0.15) is 0 Å². The van der Waals surface area contributed by atoms with Crippen molar-refractivity contribution in [2.75, 3.05) is 22.5 Å². The number of rotatable bonds is 6. The summed E-state index contributed by atoms with van der Waals surface area (Å²) < 4.78 is 30.8. The molecule has 2 aromatic carbocycles. The fraction of sp³-hybridized carbons (Fsp3) is 0.263. The monoisotopic (exact) mass is 458 g/mol. The van der Waals surface area contributed by atoms with E-state index >= 15 is 0 Å². The molecule has 1 unspecified atom stereocenters. The fourth-order valence-corrected chi connectivity index (χ4v) is 3.89. The van der Waals surface area contributed by atoms with Crippen molar-refractivity contribution in [3.05, 3.63) is 52.5 Å². The van der Waals surface area contributed by atoms with Crippen LogP contribution in [0.2, 0.25) is 10.0 Å². The summed E-state index contributed by atoms with van der Waals surface area (Å²) in [5.74, 6) is -0.786. The number of anilines is 2. The van der Waals surface area contributed by atoms with Crippen LogP contribution in [0.1, 0.15) is 13.8 Å². The third-order valence-electron chi connectivity index (χ3n) is 4.02. The normalized spacial score (nSPS) is 12.2. The molecular formula is C19H20Cl2N2O5S. The third-order valence-corrected chi connectivity index (χ3v) is 5.61. The summed E-state index contributed by atoms with van der Waals surface area (Å²) in [6.07, 6.45) is -0.231. The average molecular weight is 459 g/mol. The van der Waals surface area contributed by atoms with Gasteiger partial charge in [-0.3, -0.25) is 9.59 Å². The van der Waals surface area contributed by atoms with Crippen molar-refractivity contribution in [3.8, 4) is 5.75 Å². The number of carbonyl (C=O) groups is 2. The first-order valence-corrected chi connectivity index (χ1v) is 11.0. The van der Waals surface area contributed by atoms with Crippen molar-refractivity contribution in [3.63, 3.8) is 0 Å². The molecule has 0 bridgehead atoms. The molecule has 0 fully saturated rings. The molecule has 0 N–H and O–H groups in total. The molecule has 29 heavy (non-hydrogen) atoms. The lowest BCUT2D eigenvalue weighted by molar-refractivity contribution is -0.123. The minimum atomic E-state index is -3.95. The lowest BCUT2D eigenvalue weighted by Crippen LogP contribution is -2.44. The number of carbonyl (C=O) groups excluding carboxylic acids is 2. The number of amides is 2. The summed E-state index contributed by atoms with van der Waals surface area (Å²) in [6, 6.07) is 10.5. The van der Waals surface area contributed by atoms with Gasteiger partial charge in [0.15, 0.2) is 6.10 Å². The molecule has 156 valence electrons. The van der Waals surface area contributed by atoms with E-state index in [9.17, 15) is 18.0 Å². The van der Waals surface area contributed by atoms with Crippen LogP contribution in [0.25, 0.3) is 0 Å². The highest BCUT2D eigenvalue weighted by Gasteiger charge is 2.31. The van der Waals surface area contributed by atoms with E-state index in [4.69, 9.17) is 27.9 Å². The highest BCUT2D eigenvalue weighted by Crippen LogP contribution is 2.29. The van der Waals surface area contributed by atoms with Gasteiger partial charge in [-0.25, -0.2) is 12.7 Å². The Balaban J connectivity index is 2.32. The fourth-order valence-electron chi connectivity index (χ4n) is 2.45. The highest BCUT2D eigenvalue weighted by atomic mass is 35.5. The SMILES string of the molecule is CC(=O)N(C)c1ccc(N(C(=O)C(C)Oc2ccc(Cl)cc2Cl)S(C)(=O)=O)cc1. The molecule has 0 aliphatic rings. The second kappa shape index (κ2) is 9.02. The van der Waals surface area contributed by atoms with Crippen LogP contribution in [0.4, 0.5) is 11.4 Å². The van der Waals surface area contributed by atoms with E-state index in [1.165, 1.54) is 43.0 Å². The first-order chi connectivity index (χ1) is 13.4. The van der Waals surface area contributed by atoms with Crippen molar-refractivity contribution in [1.82, 2.24) is 0 Å². The third kappa shape index (κ3) is 5.62. The lowest BCUT2D eigenvalue weighted by Gasteiger charge is -2.25. The molecule has 2 amide bonds. The largest absolute Gasteiger partial charge is 0.479 e. The maximum atomic E-state index is 12.9. The van der Waals surface area contributed by atoms with Gasteiger partial charge in [-0.15, -0.1) is 0 Å². The molecule has 0 spiro atoms. The number of hydrogen-bond acceptors (Lipinski definition) is 5. The molecule has 0 aliphatic carbocycles. The molecule has 2 aromatic rings. The Labute approximate surface area is 179 Å². The number of nitrogens with zero attached hydrogens (tertiary/aromatic N) is 2. The molecule has 0 heterocycles. The van der Waals surface area contributed by atoms with Gasteiger partial charge >= 0.3 is 0 Å². The van der Waals surface area contributed by atoms with Gasteiger partial charge in [0.05, 0.1) is 17.0 Å². The Morgan fingerprint density at radius 1 is 1.03 bits per heavy atom. The van der Waals surface area contributed by atoms with Crippen LogP contribution in [0.5, 0.6) is 5.75 Å². The van der Waals surface area contributed by atoms with Crippen molar-refractivity contribution in [2.24, 2.45) is 0 Å².